The molecule has 0 saturated heterocycles. The van der Waals surface area contributed by atoms with Gasteiger partial charge in [-0.25, -0.2) is 4.68 Å². The molecule has 0 bridgehead atoms. The summed E-state index contributed by atoms with van der Waals surface area (Å²) in [5.41, 5.74) is 0.480. The Morgan fingerprint density at radius 1 is 1.33 bits per heavy atom. The van der Waals surface area contributed by atoms with Crippen LogP contribution in [0.15, 0.2) is 36.5 Å². The number of carbonyl (C=O) groups is 1. The Labute approximate surface area is 138 Å². The van der Waals surface area contributed by atoms with E-state index in [1.807, 2.05) is 6.92 Å². The van der Waals surface area contributed by atoms with Gasteiger partial charge in [0.25, 0.3) is 5.91 Å². The lowest BCUT2D eigenvalue weighted by molar-refractivity contribution is 0.102. The van der Waals surface area contributed by atoms with Crippen molar-refractivity contribution in [2.24, 2.45) is 7.05 Å². The van der Waals surface area contributed by atoms with Gasteiger partial charge in [-0.15, -0.1) is 5.10 Å². The number of tetrazole rings is 1. The number of nitrogens with zero attached hydrogens (tertiary/aromatic N) is 6. The minimum atomic E-state index is -0.252. The van der Waals surface area contributed by atoms with Gasteiger partial charge in [0.05, 0.1) is 0 Å². The van der Waals surface area contributed by atoms with Gasteiger partial charge < -0.3 is 10.1 Å². The van der Waals surface area contributed by atoms with E-state index in [-0.39, 0.29) is 12.5 Å². The molecular formula is C15H17N7O2. The highest BCUT2D eigenvalue weighted by atomic mass is 16.5. The zero-order chi connectivity index (χ0) is 16.9. The lowest BCUT2D eigenvalue weighted by atomic mass is 10.2. The molecule has 2 aromatic heterocycles. The summed E-state index contributed by atoms with van der Waals surface area (Å²) >= 11 is 0. The van der Waals surface area contributed by atoms with Crippen LogP contribution < -0.4 is 10.1 Å². The van der Waals surface area contributed by atoms with E-state index in [0.29, 0.717) is 29.5 Å². The minimum absolute atomic E-state index is 0.228. The Bertz CT molecular complexity index is 840. The largest absolute Gasteiger partial charge is 0.486 e. The standard InChI is InChI=1S/C15H17N7O2/c1-3-22-14(17-19-20-22)10-24-12-6-4-5-11(9-12)15(23)16-13-7-8-21(2)18-13/h4-9H,3,10H2,1-2H3,(H,16,18,23). The Hall–Kier alpha value is -3.23. The third-order valence-corrected chi connectivity index (χ3v) is 3.32. The molecule has 1 amide bonds. The maximum atomic E-state index is 12.3. The number of aryl methyl sites for hydroxylation is 2. The van der Waals surface area contributed by atoms with E-state index in [9.17, 15) is 4.79 Å². The number of anilines is 1. The maximum Gasteiger partial charge on any atom is 0.256 e. The highest BCUT2D eigenvalue weighted by molar-refractivity contribution is 6.03. The van der Waals surface area contributed by atoms with Gasteiger partial charge in [0.1, 0.15) is 12.4 Å². The first-order valence-electron chi connectivity index (χ1n) is 7.44. The fourth-order valence-corrected chi connectivity index (χ4v) is 2.12. The predicted molar refractivity (Wildman–Crippen MR) is 85.4 cm³/mol. The molecule has 1 aromatic carbocycles. The SMILES string of the molecule is CCn1nnnc1COc1cccc(C(=O)Nc2ccn(C)n2)c1. The van der Waals surface area contributed by atoms with Crippen LogP contribution in [0, 0.1) is 0 Å². The molecule has 0 aliphatic carbocycles. The quantitative estimate of drug-likeness (QED) is 0.731. The molecule has 9 nitrogen and oxygen atoms in total. The molecule has 0 radical (unpaired) electrons. The first-order valence-corrected chi connectivity index (χ1v) is 7.44. The predicted octanol–water partition coefficient (Wildman–Crippen LogP) is 1.26. The Kier molecular flexibility index (Phi) is 4.50. The van der Waals surface area contributed by atoms with E-state index in [0.717, 1.165) is 0 Å². The van der Waals surface area contributed by atoms with E-state index in [2.05, 4.69) is 25.9 Å². The topological polar surface area (TPSA) is 99.8 Å². The van der Waals surface area contributed by atoms with Gasteiger partial charge in [0, 0.05) is 31.4 Å². The summed E-state index contributed by atoms with van der Waals surface area (Å²) in [6, 6.07) is 8.63. The van der Waals surface area contributed by atoms with E-state index < -0.39 is 0 Å². The maximum absolute atomic E-state index is 12.3. The summed E-state index contributed by atoms with van der Waals surface area (Å²) < 4.78 is 8.94. The molecule has 0 spiro atoms. The van der Waals surface area contributed by atoms with Crippen LogP contribution in [0.3, 0.4) is 0 Å². The third-order valence-electron chi connectivity index (χ3n) is 3.32. The van der Waals surface area contributed by atoms with Gasteiger partial charge in [-0.2, -0.15) is 5.10 Å². The Balaban J connectivity index is 1.66. The number of benzene rings is 1. The average molecular weight is 327 g/mol. The van der Waals surface area contributed by atoms with Crippen LogP contribution in [0.5, 0.6) is 5.75 Å². The van der Waals surface area contributed by atoms with Gasteiger partial charge in [-0.3, -0.25) is 9.48 Å². The molecular weight excluding hydrogens is 310 g/mol. The Morgan fingerprint density at radius 3 is 2.96 bits per heavy atom. The number of hydrogen-bond donors (Lipinski definition) is 1. The third kappa shape index (κ3) is 3.57. The molecule has 0 aliphatic heterocycles. The van der Waals surface area contributed by atoms with E-state index in [1.165, 1.54) is 0 Å². The summed E-state index contributed by atoms with van der Waals surface area (Å²) in [5.74, 6) is 1.43. The van der Waals surface area contributed by atoms with Crippen LogP contribution in [0.1, 0.15) is 23.1 Å². The molecule has 9 heteroatoms. The highest BCUT2D eigenvalue weighted by Crippen LogP contribution is 2.16. The molecule has 1 N–H and O–H groups in total. The number of carbonyl (C=O) groups excluding carboxylic acids is 1. The summed E-state index contributed by atoms with van der Waals surface area (Å²) in [7, 11) is 1.79. The summed E-state index contributed by atoms with van der Waals surface area (Å²) in [4.78, 5) is 12.3. The van der Waals surface area contributed by atoms with Crippen molar-refractivity contribution in [1.82, 2.24) is 30.0 Å². The summed E-state index contributed by atoms with van der Waals surface area (Å²) in [6.45, 7) is 2.84. The molecule has 0 unspecified atom stereocenters. The normalized spacial score (nSPS) is 10.6. The smallest absolute Gasteiger partial charge is 0.256 e. The van der Waals surface area contributed by atoms with Crippen molar-refractivity contribution in [2.45, 2.75) is 20.1 Å². The first-order chi connectivity index (χ1) is 11.7. The fraction of sp³-hybridized carbons (Fsp3) is 0.267. The second-order valence-electron chi connectivity index (χ2n) is 5.06. The van der Waals surface area contributed by atoms with Crippen molar-refractivity contribution >= 4 is 11.7 Å². The van der Waals surface area contributed by atoms with Crippen molar-refractivity contribution in [1.29, 1.82) is 0 Å². The number of ether oxygens (including phenoxy) is 1. The molecule has 3 aromatic rings. The van der Waals surface area contributed by atoms with Crippen LogP contribution in [-0.4, -0.2) is 35.9 Å². The van der Waals surface area contributed by atoms with Crippen LogP contribution in [0.2, 0.25) is 0 Å². The van der Waals surface area contributed by atoms with Gasteiger partial charge in [-0.1, -0.05) is 6.07 Å². The zero-order valence-electron chi connectivity index (χ0n) is 13.4. The fourth-order valence-electron chi connectivity index (χ4n) is 2.12. The molecule has 0 atom stereocenters. The van der Waals surface area contributed by atoms with Crippen LogP contribution in [0.4, 0.5) is 5.82 Å². The first kappa shape index (κ1) is 15.7. The second kappa shape index (κ2) is 6.90. The average Bonchev–Trinajstić information content (AvgIpc) is 3.21. The molecule has 2 heterocycles. The molecule has 124 valence electrons. The zero-order valence-corrected chi connectivity index (χ0v) is 13.4. The number of amides is 1. The lowest BCUT2D eigenvalue weighted by Gasteiger charge is -2.07. The molecule has 0 saturated carbocycles. The van der Waals surface area contributed by atoms with Crippen LogP contribution in [-0.2, 0) is 20.2 Å². The van der Waals surface area contributed by atoms with Crippen LogP contribution >= 0.6 is 0 Å². The number of aromatic nitrogens is 6. The van der Waals surface area contributed by atoms with Crippen molar-refractivity contribution in [2.75, 3.05) is 5.32 Å². The van der Waals surface area contributed by atoms with E-state index in [1.54, 1.807) is 52.9 Å². The van der Waals surface area contributed by atoms with E-state index in [4.69, 9.17) is 4.74 Å². The highest BCUT2D eigenvalue weighted by Gasteiger charge is 2.10. The number of nitrogens with one attached hydrogen (secondary N) is 1. The van der Waals surface area contributed by atoms with Crippen molar-refractivity contribution in [3.05, 3.63) is 47.9 Å². The van der Waals surface area contributed by atoms with Gasteiger partial charge >= 0.3 is 0 Å². The van der Waals surface area contributed by atoms with Gasteiger partial charge in [-0.05, 0) is 35.5 Å². The van der Waals surface area contributed by atoms with E-state index >= 15 is 0 Å². The molecule has 0 aliphatic rings. The van der Waals surface area contributed by atoms with Crippen molar-refractivity contribution < 1.29 is 9.53 Å². The van der Waals surface area contributed by atoms with Crippen molar-refractivity contribution in [3.8, 4) is 5.75 Å². The molecule has 3 rings (SSSR count). The lowest BCUT2D eigenvalue weighted by Crippen LogP contribution is -2.13. The van der Waals surface area contributed by atoms with Crippen molar-refractivity contribution in [3.63, 3.8) is 0 Å². The second-order valence-corrected chi connectivity index (χ2v) is 5.06. The number of hydrogen-bond acceptors (Lipinski definition) is 6. The Morgan fingerprint density at radius 2 is 2.21 bits per heavy atom. The molecule has 24 heavy (non-hydrogen) atoms. The number of rotatable bonds is 6. The summed E-state index contributed by atoms with van der Waals surface area (Å²) in [6.07, 6.45) is 1.76. The minimum Gasteiger partial charge on any atom is -0.486 e. The summed E-state index contributed by atoms with van der Waals surface area (Å²) in [5, 5.41) is 18.2. The van der Waals surface area contributed by atoms with Crippen LogP contribution in [0.25, 0.3) is 0 Å². The molecule has 0 fully saturated rings. The van der Waals surface area contributed by atoms with Gasteiger partial charge in [0.2, 0.25) is 0 Å². The monoisotopic (exact) mass is 327 g/mol. The van der Waals surface area contributed by atoms with Gasteiger partial charge in [0.15, 0.2) is 11.6 Å².